The van der Waals surface area contributed by atoms with Crippen molar-refractivity contribution in [1.29, 1.82) is 0 Å². The number of benzene rings is 1. The van der Waals surface area contributed by atoms with Gasteiger partial charge in [-0.1, -0.05) is 30.3 Å². The van der Waals surface area contributed by atoms with Crippen LogP contribution in [0.4, 0.5) is 0 Å². The van der Waals surface area contributed by atoms with Crippen molar-refractivity contribution < 1.29 is 0 Å². The summed E-state index contributed by atoms with van der Waals surface area (Å²) < 4.78 is 1.97. The zero-order valence-electron chi connectivity index (χ0n) is 21.0. The molecule has 2 N–H and O–H groups in total. The highest BCUT2D eigenvalue weighted by Gasteiger charge is 2.17. The van der Waals surface area contributed by atoms with Crippen molar-refractivity contribution in [1.82, 2.24) is 30.2 Å². The average molecular weight is 568 g/mol. The van der Waals surface area contributed by atoms with Crippen LogP contribution in [0.5, 0.6) is 0 Å². The second-order valence-electron chi connectivity index (χ2n) is 8.89. The lowest BCUT2D eigenvalue weighted by atomic mass is 10.1. The van der Waals surface area contributed by atoms with Crippen molar-refractivity contribution in [2.24, 2.45) is 12.0 Å². The smallest absolute Gasteiger partial charge is 0.191 e. The minimum atomic E-state index is 0. The van der Waals surface area contributed by atoms with E-state index in [4.69, 9.17) is 4.99 Å². The van der Waals surface area contributed by atoms with Crippen molar-refractivity contribution >= 4 is 29.9 Å². The molecule has 184 valence electrons. The second-order valence-corrected chi connectivity index (χ2v) is 8.89. The van der Waals surface area contributed by atoms with E-state index < -0.39 is 0 Å². The van der Waals surface area contributed by atoms with Crippen molar-refractivity contribution in [2.75, 3.05) is 45.8 Å². The Morgan fingerprint density at radius 1 is 1.09 bits per heavy atom. The fourth-order valence-corrected chi connectivity index (χ4v) is 4.34. The number of rotatable bonds is 9. The summed E-state index contributed by atoms with van der Waals surface area (Å²) in [5.41, 5.74) is 5.09. The van der Waals surface area contributed by atoms with Crippen LogP contribution < -0.4 is 10.6 Å². The number of nitrogens with zero attached hydrogens (tertiary/aromatic N) is 5. The number of aromatic nitrogens is 2. The lowest BCUT2D eigenvalue weighted by Crippen LogP contribution is -2.47. The molecule has 0 amide bonds. The van der Waals surface area contributed by atoms with Gasteiger partial charge in [-0.25, -0.2) is 0 Å². The summed E-state index contributed by atoms with van der Waals surface area (Å²) in [5, 5.41) is 11.5. The third-order valence-corrected chi connectivity index (χ3v) is 6.30. The summed E-state index contributed by atoms with van der Waals surface area (Å²) >= 11 is 0. The number of piperazine rings is 1. The number of aliphatic imine (C=N–C) groups is 1. The van der Waals surface area contributed by atoms with Crippen LogP contribution in [0.1, 0.15) is 36.4 Å². The van der Waals surface area contributed by atoms with Crippen LogP contribution in [0.3, 0.4) is 0 Å². The predicted octanol–water partition coefficient (Wildman–Crippen LogP) is 2.96. The zero-order chi connectivity index (χ0) is 22.9. The summed E-state index contributed by atoms with van der Waals surface area (Å²) in [6, 6.07) is 11.1. The third-order valence-electron chi connectivity index (χ3n) is 6.30. The topological polar surface area (TPSA) is 60.7 Å². The summed E-state index contributed by atoms with van der Waals surface area (Å²) in [7, 11) is 2.01. The van der Waals surface area contributed by atoms with E-state index in [-0.39, 0.29) is 30.0 Å². The predicted molar refractivity (Wildman–Crippen MR) is 149 cm³/mol. The van der Waals surface area contributed by atoms with Gasteiger partial charge in [0, 0.05) is 64.6 Å². The Balaban J connectivity index is 0.00000385. The SMILES string of the molecule is CCNC(=NCCN1CCN(Cc2ccccc2)CC1)NC(C)Cc1c(C)nn(C)c1C.I. The van der Waals surface area contributed by atoms with Gasteiger partial charge in [-0.15, -0.1) is 24.0 Å². The van der Waals surface area contributed by atoms with E-state index in [0.717, 1.165) is 70.4 Å². The highest BCUT2D eigenvalue weighted by atomic mass is 127. The molecule has 33 heavy (non-hydrogen) atoms. The first-order valence-electron chi connectivity index (χ1n) is 12.0. The summed E-state index contributed by atoms with van der Waals surface area (Å²) in [4.78, 5) is 9.92. The number of halogens is 1. The number of aryl methyl sites for hydroxylation is 2. The van der Waals surface area contributed by atoms with Gasteiger partial charge in [0.15, 0.2) is 5.96 Å². The maximum Gasteiger partial charge on any atom is 0.191 e. The van der Waals surface area contributed by atoms with Crippen LogP contribution in [0.2, 0.25) is 0 Å². The van der Waals surface area contributed by atoms with E-state index in [1.165, 1.54) is 16.8 Å². The minimum Gasteiger partial charge on any atom is -0.357 e. The number of hydrogen-bond acceptors (Lipinski definition) is 4. The number of guanidine groups is 1. The molecule has 0 saturated carbocycles. The van der Waals surface area contributed by atoms with Crippen molar-refractivity contribution in [3.05, 3.63) is 52.8 Å². The largest absolute Gasteiger partial charge is 0.357 e. The number of nitrogens with one attached hydrogen (secondary N) is 2. The second kappa shape index (κ2) is 13.9. The van der Waals surface area contributed by atoms with Crippen LogP contribution in [0, 0.1) is 13.8 Å². The van der Waals surface area contributed by atoms with Crippen LogP contribution in [0.25, 0.3) is 0 Å². The molecule has 1 unspecified atom stereocenters. The molecule has 1 aliphatic rings. The normalized spacial score (nSPS) is 16.3. The lowest BCUT2D eigenvalue weighted by molar-refractivity contribution is 0.130. The van der Waals surface area contributed by atoms with Gasteiger partial charge in [-0.3, -0.25) is 19.5 Å². The molecular weight excluding hydrogens is 525 g/mol. The highest BCUT2D eigenvalue weighted by molar-refractivity contribution is 14.0. The van der Waals surface area contributed by atoms with Gasteiger partial charge in [0.1, 0.15) is 0 Å². The Kier molecular flexibility index (Phi) is 11.6. The first kappa shape index (κ1) is 27.6. The molecule has 2 aromatic rings. The van der Waals surface area contributed by atoms with Crippen LogP contribution in [-0.4, -0.2) is 77.4 Å². The molecule has 1 aliphatic heterocycles. The Hall–Kier alpha value is -1.65. The van der Waals surface area contributed by atoms with Gasteiger partial charge in [0.05, 0.1) is 12.2 Å². The molecule has 3 rings (SSSR count). The molecule has 1 saturated heterocycles. The molecular formula is C25H42IN7. The maximum absolute atomic E-state index is 4.84. The van der Waals surface area contributed by atoms with E-state index in [0.29, 0.717) is 0 Å². The van der Waals surface area contributed by atoms with Crippen molar-refractivity contribution in [2.45, 2.75) is 46.7 Å². The number of hydrogen-bond donors (Lipinski definition) is 2. The first-order valence-corrected chi connectivity index (χ1v) is 12.0. The lowest BCUT2D eigenvalue weighted by Gasteiger charge is -2.34. The highest BCUT2D eigenvalue weighted by Crippen LogP contribution is 2.14. The van der Waals surface area contributed by atoms with Gasteiger partial charge in [-0.05, 0) is 45.2 Å². The van der Waals surface area contributed by atoms with Crippen LogP contribution in [0.15, 0.2) is 35.3 Å². The third kappa shape index (κ3) is 8.57. The molecule has 0 aliphatic carbocycles. The van der Waals surface area contributed by atoms with Crippen LogP contribution in [-0.2, 0) is 20.0 Å². The minimum absolute atomic E-state index is 0. The van der Waals surface area contributed by atoms with Gasteiger partial charge >= 0.3 is 0 Å². The Labute approximate surface area is 217 Å². The molecule has 2 heterocycles. The summed E-state index contributed by atoms with van der Waals surface area (Å²) in [6.07, 6.45) is 0.944. The monoisotopic (exact) mass is 567 g/mol. The molecule has 1 aromatic heterocycles. The molecule has 1 fully saturated rings. The molecule has 8 heteroatoms. The fourth-order valence-electron chi connectivity index (χ4n) is 4.34. The van der Waals surface area contributed by atoms with Crippen molar-refractivity contribution in [3.8, 4) is 0 Å². The molecule has 1 aromatic carbocycles. The molecule has 7 nitrogen and oxygen atoms in total. The average Bonchev–Trinajstić information content (AvgIpc) is 3.01. The van der Waals surface area contributed by atoms with E-state index >= 15 is 0 Å². The summed E-state index contributed by atoms with van der Waals surface area (Å²) in [6.45, 7) is 16.8. The van der Waals surface area contributed by atoms with E-state index in [1.807, 2.05) is 11.7 Å². The zero-order valence-corrected chi connectivity index (χ0v) is 23.3. The molecule has 1 atom stereocenters. The van der Waals surface area contributed by atoms with Gasteiger partial charge in [-0.2, -0.15) is 5.10 Å². The van der Waals surface area contributed by atoms with E-state index in [2.05, 4.69) is 83.6 Å². The fraction of sp³-hybridized carbons (Fsp3) is 0.600. The van der Waals surface area contributed by atoms with E-state index in [9.17, 15) is 0 Å². The Bertz CT molecular complexity index is 857. The quantitative estimate of drug-likeness (QED) is 0.277. The van der Waals surface area contributed by atoms with Gasteiger partial charge < -0.3 is 10.6 Å². The summed E-state index contributed by atoms with van der Waals surface area (Å²) in [5.74, 6) is 0.905. The standard InChI is InChI=1S/C25H41N7.HI/c1-6-26-25(28-20(2)18-24-21(3)29-30(5)22(24)4)27-12-13-31-14-16-32(17-15-31)19-23-10-8-7-9-11-23;/h7-11,20H,6,12-19H2,1-5H3,(H2,26,27,28);1H. The van der Waals surface area contributed by atoms with Gasteiger partial charge in [0.25, 0.3) is 0 Å². The van der Waals surface area contributed by atoms with Crippen LogP contribution >= 0.6 is 24.0 Å². The first-order chi connectivity index (χ1) is 15.5. The van der Waals surface area contributed by atoms with Crippen molar-refractivity contribution in [3.63, 3.8) is 0 Å². The van der Waals surface area contributed by atoms with Gasteiger partial charge in [0.2, 0.25) is 0 Å². The maximum atomic E-state index is 4.84. The molecule has 0 bridgehead atoms. The Morgan fingerprint density at radius 3 is 2.36 bits per heavy atom. The molecule has 0 radical (unpaired) electrons. The molecule has 0 spiro atoms. The Morgan fingerprint density at radius 2 is 1.76 bits per heavy atom. The van der Waals surface area contributed by atoms with E-state index in [1.54, 1.807) is 0 Å².